The standard InChI is InChI=1S/C19H30N2O3S/c1-5-18(16-10-9-14(3)15(4)12-16)20-19(22)17-8-7-11-21(13-17)25(23,24)6-2/h9-10,12,17-18H,5-8,11,13H2,1-4H3,(H,20,22). The van der Waals surface area contributed by atoms with Crippen molar-refractivity contribution in [2.24, 2.45) is 5.92 Å². The second-order valence-corrected chi connectivity index (χ2v) is 9.17. The van der Waals surface area contributed by atoms with E-state index in [1.165, 1.54) is 15.4 Å². The molecule has 1 amide bonds. The first kappa shape index (κ1) is 19.9. The lowest BCUT2D eigenvalue weighted by atomic mass is 9.96. The number of amides is 1. The summed E-state index contributed by atoms with van der Waals surface area (Å²) in [5.41, 5.74) is 3.55. The molecule has 1 aliphatic heterocycles. The molecule has 5 nitrogen and oxygen atoms in total. The van der Waals surface area contributed by atoms with Crippen molar-refractivity contribution in [3.8, 4) is 0 Å². The van der Waals surface area contributed by atoms with Crippen molar-refractivity contribution in [3.63, 3.8) is 0 Å². The lowest BCUT2D eigenvalue weighted by molar-refractivity contribution is -0.126. The van der Waals surface area contributed by atoms with E-state index in [-0.39, 0.29) is 23.6 Å². The fraction of sp³-hybridized carbons (Fsp3) is 0.632. The summed E-state index contributed by atoms with van der Waals surface area (Å²) in [6.45, 7) is 8.66. The van der Waals surface area contributed by atoms with Crippen molar-refractivity contribution in [2.75, 3.05) is 18.8 Å². The van der Waals surface area contributed by atoms with Crippen molar-refractivity contribution < 1.29 is 13.2 Å². The molecule has 1 aliphatic rings. The van der Waals surface area contributed by atoms with E-state index in [0.717, 1.165) is 24.8 Å². The molecule has 2 unspecified atom stereocenters. The fourth-order valence-corrected chi connectivity index (χ4v) is 4.46. The predicted octanol–water partition coefficient (Wildman–Crippen LogP) is 2.93. The van der Waals surface area contributed by atoms with Gasteiger partial charge in [-0.1, -0.05) is 25.1 Å². The molecule has 1 aromatic rings. The Morgan fingerprint density at radius 1 is 1.28 bits per heavy atom. The van der Waals surface area contributed by atoms with Crippen LogP contribution < -0.4 is 5.32 Å². The summed E-state index contributed by atoms with van der Waals surface area (Å²) in [5, 5.41) is 3.13. The molecule has 0 bridgehead atoms. The van der Waals surface area contributed by atoms with Crippen LogP contribution >= 0.6 is 0 Å². The molecule has 1 fully saturated rings. The van der Waals surface area contributed by atoms with E-state index in [0.29, 0.717) is 13.1 Å². The van der Waals surface area contributed by atoms with Crippen LogP contribution in [0.1, 0.15) is 55.8 Å². The Kier molecular flexibility index (Phi) is 6.63. The van der Waals surface area contributed by atoms with Gasteiger partial charge in [0.25, 0.3) is 0 Å². The maximum atomic E-state index is 12.7. The summed E-state index contributed by atoms with van der Waals surface area (Å²) >= 11 is 0. The van der Waals surface area contributed by atoms with Gasteiger partial charge in [-0.05, 0) is 56.7 Å². The van der Waals surface area contributed by atoms with Gasteiger partial charge < -0.3 is 5.32 Å². The van der Waals surface area contributed by atoms with Gasteiger partial charge in [0.1, 0.15) is 0 Å². The Labute approximate surface area is 151 Å². The van der Waals surface area contributed by atoms with E-state index in [9.17, 15) is 13.2 Å². The molecular weight excluding hydrogens is 336 g/mol. The Hall–Kier alpha value is -1.40. The number of rotatable bonds is 6. The van der Waals surface area contributed by atoms with Gasteiger partial charge in [0.05, 0.1) is 17.7 Å². The van der Waals surface area contributed by atoms with Crippen LogP contribution in [0.3, 0.4) is 0 Å². The van der Waals surface area contributed by atoms with Gasteiger partial charge in [0.2, 0.25) is 15.9 Å². The second kappa shape index (κ2) is 8.32. The van der Waals surface area contributed by atoms with Crippen LogP contribution in [0.4, 0.5) is 0 Å². The number of aryl methyl sites for hydroxylation is 2. The fourth-order valence-electron chi connectivity index (χ4n) is 3.28. The second-order valence-electron chi connectivity index (χ2n) is 6.91. The summed E-state index contributed by atoms with van der Waals surface area (Å²) in [5.74, 6) is -0.224. The van der Waals surface area contributed by atoms with Gasteiger partial charge in [0.15, 0.2) is 0 Å². The first-order chi connectivity index (χ1) is 11.8. The number of carbonyl (C=O) groups excluding carboxylic acids is 1. The first-order valence-electron chi connectivity index (χ1n) is 9.13. The summed E-state index contributed by atoms with van der Waals surface area (Å²) in [7, 11) is -3.23. The summed E-state index contributed by atoms with van der Waals surface area (Å²) < 4.78 is 25.6. The topological polar surface area (TPSA) is 66.5 Å². The molecule has 6 heteroatoms. The predicted molar refractivity (Wildman–Crippen MR) is 101 cm³/mol. The molecular formula is C19H30N2O3S. The zero-order chi connectivity index (χ0) is 18.6. The highest BCUT2D eigenvalue weighted by atomic mass is 32.2. The normalized spacial score (nSPS) is 20.2. The number of piperidine rings is 1. The van der Waals surface area contributed by atoms with Gasteiger partial charge in [-0.2, -0.15) is 0 Å². The minimum absolute atomic E-state index is 0.0371. The monoisotopic (exact) mass is 366 g/mol. The number of sulfonamides is 1. The van der Waals surface area contributed by atoms with Crippen molar-refractivity contribution in [2.45, 2.75) is 53.0 Å². The average Bonchev–Trinajstić information content (AvgIpc) is 2.62. The number of nitrogens with one attached hydrogen (secondary N) is 1. The third-order valence-corrected chi connectivity index (χ3v) is 7.02. The minimum Gasteiger partial charge on any atom is -0.349 e. The summed E-state index contributed by atoms with van der Waals surface area (Å²) in [4.78, 5) is 12.7. The molecule has 0 spiro atoms. The van der Waals surface area contributed by atoms with Crippen molar-refractivity contribution in [1.29, 1.82) is 0 Å². The molecule has 0 aromatic heterocycles. The largest absolute Gasteiger partial charge is 0.349 e. The molecule has 25 heavy (non-hydrogen) atoms. The van der Waals surface area contributed by atoms with E-state index in [4.69, 9.17) is 0 Å². The van der Waals surface area contributed by atoms with Gasteiger partial charge in [-0.3, -0.25) is 4.79 Å². The van der Waals surface area contributed by atoms with E-state index < -0.39 is 10.0 Å². The van der Waals surface area contributed by atoms with Gasteiger partial charge >= 0.3 is 0 Å². The number of benzene rings is 1. The van der Waals surface area contributed by atoms with Crippen LogP contribution in [0.5, 0.6) is 0 Å². The molecule has 1 N–H and O–H groups in total. The van der Waals surface area contributed by atoms with Crippen molar-refractivity contribution >= 4 is 15.9 Å². The van der Waals surface area contributed by atoms with Crippen LogP contribution in [0.15, 0.2) is 18.2 Å². The smallest absolute Gasteiger partial charge is 0.224 e. The van der Waals surface area contributed by atoms with E-state index in [1.54, 1.807) is 6.92 Å². The first-order valence-corrected chi connectivity index (χ1v) is 10.7. The highest BCUT2D eigenvalue weighted by Crippen LogP contribution is 2.23. The lowest BCUT2D eigenvalue weighted by Gasteiger charge is -2.32. The molecule has 140 valence electrons. The van der Waals surface area contributed by atoms with E-state index in [2.05, 4.69) is 44.3 Å². The van der Waals surface area contributed by atoms with Gasteiger partial charge in [-0.25, -0.2) is 12.7 Å². The molecule has 1 aromatic carbocycles. The maximum absolute atomic E-state index is 12.7. The zero-order valence-corrected chi connectivity index (χ0v) is 16.5. The number of hydrogen-bond donors (Lipinski definition) is 1. The molecule has 0 aliphatic carbocycles. The number of nitrogens with zero attached hydrogens (tertiary/aromatic N) is 1. The van der Waals surface area contributed by atoms with Crippen molar-refractivity contribution in [1.82, 2.24) is 9.62 Å². The maximum Gasteiger partial charge on any atom is 0.224 e. The Bertz CT molecular complexity index is 715. The van der Waals surface area contributed by atoms with Gasteiger partial charge in [0, 0.05) is 13.1 Å². The summed E-state index contributed by atoms with van der Waals surface area (Å²) in [6, 6.07) is 6.23. The minimum atomic E-state index is -3.23. The average molecular weight is 367 g/mol. The van der Waals surface area contributed by atoms with E-state index in [1.807, 2.05) is 0 Å². The van der Waals surface area contributed by atoms with E-state index >= 15 is 0 Å². The SMILES string of the molecule is CCC(NC(=O)C1CCCN(S(=O)(=O)CC)C1)c1ccc(C)c(C)c1. The highest BCUT2D eigenvalue weighted by molar-refractivity contribution is 7.89. The van der Waals surface area contributed by atoms with Crippen molar-refractivity contribution in [3.05, 3.63) is 34.9 Å². The third kappa shape index (κ3) is 4.82. The molecule has 1 heterocycles. The Balaban J connectivity index is 2.07. The molecule has 2 atom stereocenters. The Morgan fingerprint density at radius 2 is 2.00 bits per heavy atom. The van der Waals surface area contributed by atoms with Crippen LogP contribution in [-0.2, 0) is 14.8 Å². The van der Waals surface area contributed by atoms with Crippen LogP contribution in [0.25, 0.3) is 0 Å². The quantitative estimate of drug-likeness (QED) is 0.842. The van der Waals surface area contributed by atoms with Gasteiger partial charge in [-0.15, -0.1) is 0 Å². The molecule has 2 rings (SSSR count). The molecule has 0 radical (unpaired) electrons. The number of hydrogen-bond acceptors (Lipinski definition) is 3. The lowest BCUT2D eigenvalue weighted by Crippen LogP contribution is -2.46. The van der Waals surface area contributed by atoms with Crippen LogP contribution in [0.2, 0.25) is 0 Å². The zero-order valence-electron chi connectivity index (χ0n) is 15.7. The number of carbonyl (C=O) groups is 1. The summed E-state index contributed by atoms with van der Waals surface area (Å²) in [6.07, 6.45) is 2.28. The highest BCUT2D eigenvalue weighted by Gasteiger charge is 2.32. The third-order valence-electron chi connectivity index (χ3n) is 5.17. The Morgan fingerprint density at radius 3 is 2.60 bits per heavy atom. The molecule has 1 saturated heterocycles. The van der Waals surface area contributed by atoms with Crippen LogP contribution in [0, 0.1) is 19.8 Å². The molecule has 0 saturated carbocycles. The van der Waals surface area contributed by atoms with Crippen LogP contribution in [-0.4, -0.2) is 37.5 Å².